The molecule has 0 aromatic heterocycles. The molecule has 0 saturated carbocycles. The van der Waals surface area contributed by atoms with Gasteiger partial charge in [0, 0.05) is 11.6 Å². The molecule has 1 unspecified atom stereocenters. The Hall–Kier alpha value is -1.51. The number of carbonyl (C=O) groups excluding carboxylic acids is 1. The molecule has 1 aliphatic rings. The molecular formula is C13H19NO2. The van der Waals surface area contributed by atoms with Gasteiger partial charge in [0.15, 0.2) is 0 Å². The number of ether oxygens (including phenoxy) is 1. The number of hydrogen-bond acceptors (Lipinski definition) is 3. The molecule has 0 bridgehead atoms. The van der Waals surface area contributed by atoms with Gasteiger partial charge in [-0.05, 0) is 32.9 Å². The Morgan fingerprint density at radius 3 is 2.62 bits per heavy atom. The van der Waals surface area contributed by atoms with Crippen LogP contribution in [-0.4, -0.2) is 11.6 Å². The van der Waals surface area contributed by atoms with Crippen LogP contribution in [0.5, 0.6) is 0 Å². The third kappa shape index (κ3) is 2.35. The van der Waals surface area contributed by atoms with Gasteiger partial charge in [-0.15, -0.1) is 0 Å². The molecule has 0 amide bonds. The lowest BCUT2D eigenvalue weighted by atomic mass is 9.82. The minimum Gasteiger partial charge on any atom is -0.455 e. The zero-order valence-corrected chi connectivity index (χ0v) is 10.3. The molecule has 0 spiro atoms. The minimum absolute atomic E-state index is 0.191. The van der Waals surface area contributed by atoms with Crippen LogP contribution in [0.1, 0.15) is 27.7 Å². The molecule has 3 heteroatoms. The average molecular weight is 221 g/mol. The van der Waals surface area contributed by atoms with Crippen molar-refractivity contribution in [3.63, 3.8) is 0 Å². The van der Waals surface area contributed by atoms with E-state index < -0.39 is 5.60 Å². The number of hydrogen-bond donors (Lipinski definition) is 1. The molecule has 3 nitrogen and oxygen atoms in total. The van der Waals surface area contributed by atoms with E-state index in [9.17, 15) is 4.79 Å². The standard InChI is InChI=1S/C13H19NO2/c1-8(14)6-7-11-9(2)10(3)13(4,5)16-12(11)15/h6-7,10H,1,14H2,2-5H3/b7-6-. The SMILES string of the molecule is C=C(N)/C=C\C1=C(C)C(C)C(C)(C)OC1=O. The van der Waals surface area contributed by atoms with Crippen molar-refractivity contribution < 1.29 is 9.53 Å². The van der Waals surface area contributed by atoms with Crippen LogP contribution in [0.15, 0.2) is 35.6 Å². The molecule has 1 aliphatic heterocycles. The summed E-state index contributed by atoms with van der Waals surface area (Å²) in [4.78, 5) is 11.8. The van der Waals surface area contributed by atoms with Crippen LogP contribution in [0, 0.1) is 5.92 Å². The summed E-state index contributed by atoms with van der Waals surface area (Å²) in [7, 11) is 0. The molecule has 0 saturated heterocycles. The Bertz CT molecular complexity index is 389. The first kappa shape index (κ1) is 12.6. The minimum atomic E-state index is -0.446. The molecule has 0 aromatic rings. The Kier molecular flexibility index (Phi) is 3.27. The molecule has 1 atom stereocenters. The molecule has 1 heterocycles. The van der Waals surface area contributed by atoms with E-state index in [4.69, 9.17) is 10.5 Å². The lowest BCUT2D eigenvalue weighted by Gasteiger charge is -2.37. The Labute approximate surface area is 96.7 Å². The third-order valence-electron chi connectivity index (χ3n) is 3.16. The highest BCUT2D eigenvalue weighted by molar-refractivity contribution is 5.93. The van der Waals surface area contributed by atoms with E-state index >= 15 is 0 Å². The van der Waals surface area contributed by atoms with Crippen LogP contribution in [-0.2, 0) is 9.53 Å². The summed E-state index contributed by atoms with van der Waals surface area (Å²) in [5.41, 5.74) is 7.02. The number of esters is 1. The van der Waals surface area contributed by atoms with E-state index in [0.29, 0.717) is 11.3 Å². The van der Waals surface area contributed by atoms with Gasteiger partial charge in [0.1, 0.15) is 5.60 Å². The predicted molar refractivity (Wildman–Crippen MR) is 64.5 cm³/mol. The van der Waals surface area contributed by atoms with Gasteiger partial charge in [-0.2, -0.15) is 0 Å². The second-order valence-corrected chi connectivity index (χ2v) is 4.72. The Morgan fingerprint density at radius 1 is 1.56 bits per heavy atom. The summed E-state index contributed by atoms with van der Waals surface area (Å²) in [6.07, 6.45) is 3.29. The van der Waals surface area contributed by atoms with Crippen LogP contribution >= 0.6 is 0 Å². The molecule has 88 valence electrons. The fourth-order valence-electron chi connectivity index (χ4n) is 1.69. The lowest BCUT2D eigenvalue weighted by molar-refractivity contribution is -0.157. The summed E-state index contributed by atoms with van der Waals surface area (Å²) in [5, 5.41) is 0. The van der Waals surface area contributed by atoms with Crippen molar-refractivity contribution in [2.75, 3.05) is 0 Å². The zero-order chi connectivity index (χ0) is 12.5. The maximum Gasteiger partial charge on any atom is 0.338 e. The summed E-state index contributed by atoms with van der Waals surface area (Å²) < 4.78 is 5.38. The van der Waals surface area contributed by atoms with Crippen molar-refractivity contribution in [1.29, 1.82) is 0 Å². The van der Waals surface area contributed by atoms with Crippen molar-refractivity contribution in [1.82, 2.24) is 0 Å². The predicted octanol–water partition coefficient (Wildman–Crippen LogP) is 2.30. The molecule has 0 fully saturated rings. The van der Waals surface area contributed by atoms with Crippen LogP contribution in [0.25, 0.3) is 0 Å². The molecule has 16 heavy (non-hydrogen) atoms. The van der Waals surface area contributed by atoms with E-state index in [1.54, 1.807) is 12.2 Å². The molecule has 2 N–H and O–H groups in total. The van der Waals surface area contributed by atoms with Gasteiger partial charge in [-0.25, -0.2) is 4.79 Å². The number of rotatable bonds is 2. The van der Waals surface area contributed by atoms with E-state index in [1.165, 1.54) is 0 Å². The fraction of sp³-hybridized carbons (Fsp3) is 0.462. The monoisotopic (exact) mass is 221 g/mol. The van der Waals surface area contributed by atoms with Crippen LogP contribution < -0.4 is 5.73 Å². The van der Waals surface area contributed by atoms with E-state index in [0.717, 1.165) is 5.57 Å². The zero-order valence-electron chi connectivity index (χ0n) is 10.3. The van der Waals surface area contributed by atoms with Gasteiger partial charge in [0.05, 0.1) is 5.57 Å². The summed E-state index contributed by atoms with van der Waals surface area (Å²) >= 11 is 0. The van der Waals surface area contributed by atoms with Crippen molar-refractivity contribution in [3.8, 4) is 0 Å². The smallest absolute Gasteiger partial charge is 0.338 e. The molecular weight excluding hydrogens is 202 g/mol. The second kappa shape index (κ2) is 4.16. The number of carbonyl (C=O) groups is 1. The summed E-state index contributed by atoms with van der Waals surface area (Å²) in [5.74, 6) is -0.103. The first-order valence-electron chi connectivity index (χ1n) is 5.32. The van der Waals surface area contributed by atoms with Crippen LogP contribution in [0.2, 0.25) is 0 Å². The fourth-order valence-corrected chi connectivity index (χ4v) is 1.69. The first-order valence-corrected chi connectivity index (χ1v) is 5.32. The maximum absolute atomic E-state index is 11.8. The van der Waals surface area contributed by atoms with Crippen molar-refractivity contribution in [2.45, 2.75) is 33.3 Å². The highest BCUT2D eigenvalue weighted by Crippen LogP contribution is 2.35. The van der Waals surface area contributed by atoms with Crippen molar-refractivity contribution >= 4 is 5.97 Å². The lowest BCUT2D eigenvalue weighted by Crippen LogP contribution is -2.40. The van der Waals surface area contributed by atoms with Gasteiger partial charge in [0.25, 0.3) is 0 Å². The van der Waals surface area contributed by atoms with Gasteiger partial charge >= 0.3 is 5.97 Å². The van der Waals surface area contributed by atoms with Crippen molar-refractivity contribution in [3.05, 3.63) is 35.6 Å². The third-order valence-corrected chi connectivity index (χ3v) is 3.16. The van der Waals surface area contributed by atoms with Crippen LogP contribution in [0.3, 0.4) is 0 Å². The molecule has 0 aliphatic carbocycles. The maximum atomic E-state index is 11.8. The van der Waals surface area contributed by atoms with Crippen molar-refractivity contribution in [2.24, 2.45) is 11.7 Å². The van der Waals surface area contributed by atoms with Gasteiger partial charge < -0.3 is 10.5 Å². The number of cyclic esters (lactones) is 1. The largest absolute Gasteiger partial charge is 0.455 e. The highest BCUT2D eigenvalue weighted by atomic mass is 16.6. The normalized spacial score (nSPS) is 24.8. The van der Waals surface area contributed by atoms with Gasteiger partial charge in [0.2, 0.25) is 0 Å². The number of nitrogens with two attached hydrogens (primary N) is 1. The average Bonchev–Trinajstić information content (AvgIpc) is 2.13. The molecule has 0 aromatic carbocycles. The molecule has 0 radical (unpaired) electrons. The van der Waals surface area contributed by atoms with Gasteiger partial charge in [-0.3, -0.25) is 0 Å². The van der Waals surface area contributed by atoms with Crippen LogP contribution in [0.4, 0.5) is 0 Å². The van der Waals surface area contributed by atoms with Gasteiger partial charge in [-0.1, -0.05) is 19.1 Å². The highest BCUT2D eigenvalue weighted by Gasteiger charge is 2.37. The van der Waals surface area contributed by atoms with E-state index in [-0.39, 0.29) is 11.9 Å². The Balaban J connectivity index is 3.12. The van der Waals surface area contributed by atoms with E-state index in [2.05, 4.69) is 6.58 Å². The topological polar surface area (TPSA) is 52.3 Å². The quantitative estimate of drug-likeness (QED) is 0.575. The summed E-state index contributed by atoms with van der Waals surface area (Å²) in [6.45, 7) is 11.4. The first-order chi connectivity index (χ1) is 7.25. The molecule has 1 rings (SSSR count). The number of allylic oxidation sites excluding steroid dienone is 1. The Morgan fingerprint density at radius 2 is 2.12 bits per heavy atom. The second-order valence-electron chi connectivity index (χ2n) is 4.72. The summed E-state index contributed by atoms with van der Waals surface area (Å²) in [6, 6.07) is 0. The van der Waals surface area contributed by atoms with E-state index in [1.807, 2.05) is 27.7 Å².